The van der Waals surface area contributed by atoms with Crippen molar-refractivity contribution in [1.82, 2.24) is 0 Å². The van der Waals surface area contributed by atoms with E-state index in [1.807, 2.05) is 37.3 Å². The summed E-state index contributed by atoms with van der Waals surface area (Å²) >= 11 is 0. The van der Waals surface area contributed by atoms with Gasteiger partial charge in [-0.1, -0.05) is 17.7 Å². The molecular weight excluding hydrogens is 314 g/mol. The quantitative estimate of drug-likeness (QED) is 0.787. The topological polar surface area (TPSA) is 59.3 Å². The number of ketones is 1. The van der Waals surface area contributed by atoms with Crippen LogP contribution in [0.3, 0.4) is 0 Å². The Kier molecular flexibility index (Phi) is 4.88. The van der Waals surface area contributed by atoms with Crippen molar-refractivity contribution in [2.24, 2.45) is 0 Å². The Hall–Kier alpha value is -2.62. The minimum atomic E-state index is -0.0881. The summed E-state index contributed by atoms with van der Waals surface area (Å²) < 4.78 is 5.95. The lowest BCUT2D eigenvalue weighted by atomic mass is 9.95. The number of aryl methyl sites for hydroxylation is 1. The van der Waals surface area contributed by atoms with Crippen LogP contribution in [0, 0.1) is 6.92 Å². The summed E-state index contributed by atoms with van der Waals surface area (Å²) in [6.45, 7) is 4.89. The Bertz CT molecular complexity index is 833. The molecule has 0 bridgehead atoms. The third-order valence-electron chi connectivity index (χ3n) is 4.60. The number of hydrogen-bond acceptors (Lipinski definition) is 3. The highest BCUT2D eigenvalue weighted by atomic mass is 16.3. The van der Waals surface area contributed by atoms with E-state index in [1.165, 1.54) is 25.3 Å². The molecule has 0 aliphatic heterocycles. The Morgan fingerprint density at radius 3 is 2.20 bits per heavy atom. The standard InChI is InChI=1S/C21H23NO3/c1-13(23)19-12-20(25-14(19)2)21(16-6-4-5-7-16)17-8-10-18(11-9-17)22-15(3)24/h8-12H,4-7H2,1-3H3,(H,22,24). The maximum absolute atomic E-state index is 11.8. The number of carbonyl (C=O) groups is 2. The number of amides is 1. The number of hydrogen-bond donors (Lipinski definition) is 1. The number of furan rings is 1. The molecule has 1 heterocycles. The Morgan fingerprint density at radius 2 is 1.68 bits per heavy atom. The molecule has 1 aromatic heterocycles. The van der Waals surface area contributed by atoms with Gasteiger partial charge in [0.05, 0.1) is 5.56 Å². The highest BCUT2D eigenvalue weighted by Crippen LogP contribution is 2.37. The lowest BCUT2D eigenvalue weighted by Crippen LogP contribution is -2.05. The zero-order chi connectivity index (χ0) is 18.0. The van der Waals surface area contributed by atoms with Crippen molar-refractivity contribution in [3.05, 3.63) is 58.6 Å². The van der Waals surface area contributed by atoms with E-state index in [-0.39, 0.29) is 11.7 Å². The monoisotopic (exact) mass is 337 g/mol. The van der Waals surface area contributed by atoms with E-state index < -0.39 is 0 Å². The van der Waals surface area contributed by atoms with Gasteiger partial charge >= 0.3 is 0 Å². The van der Waals surface area contributed by atoms with Crippen molar-refractivity contribution >= 4 is 23.0 Å². The van der Waals surface area contributed by atoms with Gasteiger partial charge in [0.1, 0.15) is 11.5 Å². The molecule has 0 atom stereocenters. The van der Waals surface area contributed by atoms with Crippen LogP contribution < -0.4 is 5.32 Å². The second-order valence-corrected chi connectivity index (χ2v) is 6.58. The smallest absolute Gasteiger partial charge is 0.221 e. The van der Waals surface area contributed by atoms with Crippen LogP contribution in [0.2, 0.25) is 0 Å². The van der Waals surface area contributed by atoms with Crippen LogP contribution in [0.5, 0.6) is 0 Å². The first-order chi connectivity index (χ1) is 12.0. The second-order valence-electron chi connectivity index (χ2n) is 6.58. The van der Waals surface area contributed by atoms with Gasteiger partial charge in [-0.25, -0.2) is 0 Å². The first kappa shape index (κ1) is 17.2. The molecular formula is C21H23NO3. The highest BCUT2D eigenvalue weighted by molar-refractivity contribution is 5.96. The van der Waals surface area contributed by atoms with Gasteiger partial charge in [0.15, 0.2) is 5.78 Å². The molecule has 4 heteroatoms. The van der Waals surface area contributed by atoms with Gasteiger partial charge in [0.2, 0.25) is 5.91 Å². The second kappa shape index (κ2) is 7.09. The molecule has 130 valence electrons. The highest BCUT2D eigenvalue weighted by Gasteiger charge is 2.21. The molecule has 3 rings (SSSR count). The normalized spacial score (nSPS) is 13.8. The van der Waals surface area contributed by atoms with Gasteiger partial charge in [-0.05, 0) is 63.3 Å². The molecule has 4 nitrogen and oxygen atoms in total. The van der Waals surface area contributed by atoms with Crippen molar-refractivity contribution in [2.75, 3.05) is 5.32 Å². The molecule has 1 aliphatic carbocycles. The predicted molar refractivity (Wildman–Crippen MR) is 98.7 cm³/mol. The van der Waals surface area contributed by atoms with E-state index in [4.69, 9.17) is 4.42 Å². The zero-order valence-corrected chi connectivity index (χ0v) is 14.9. The van der Waals surface area contributed by atoms with Crippen LogP contribution >= 0.6 is 0 Å². The van der Waals surface area contributed by atoms with E-state index in [2.05, 4.69) is 5.32 Å². The number of Topliss-reactive ketones (excluding diaryl/α,β-unsaturated/α-hetero) is 1. The third kappa shape index (κ3) is 3.73. The van der Waals surface area contributed by atoms with Gasteiger partial charge in [-0.15, -0.1) is 0 Å². The van der Waals surface area contributed by atoms with Gasteiger partial charge in [0.25, 0.3) is 0 Å². The largest absolute Gasteiger partial charge is 0.461 e. The Morgan fingerprint density at radius 1 is 1.04 bits per heavy atom. The van der Waals surface area contributed by atoms with Crippen LogP contribution in [0.25, 0.3) is 5.57 Å². The molecule has 1 saturated carbocycles. The van der Waals surface area contributed by atoms with E-state index in [1.54, 1.807) is 6.92 Å². The third-order valence-corrected chi connectivity index (χ3v) is 4.60. The van der Waals surface area contributed by atoms with Crippen molar-refractivity contribution in [2.45, 2.75) is 46.5 Å². The van der Waals surface area contributed by atoms with Crippen LogP contribution in [0.4, 0.5) is 5.69 Å². The molecule has 1 aliphatic rings. The van der Waals surface area contributed by atoms with Crippen LogP contribution in [0.15, 0.2) is 40.3 Å². The molecule has 2 aromatic rings. The number of carbonyl (C=O) groups excluding carboxylic acids is 2. The minimum Gasteiger partial charge on any atom is -0.461 e. The summed E-state index contributed by atoms with van der Waals surface area (Å²) in [7, 11) is 0. The summed E-state index contributed by atoms with van der Waals surface area (Å²) in [6, 6.07) is 9.65. The first-order valence-corrected chi connectivity index (χ1v) is 8.67. The first-order valence-electron chi connectivity index (χ1n) is 8.67. The SMILES string of the molecule is CC(=O)Nc1ccc(C(=C2CCCC2)c2cc(C(C)=O)c(C)o2)cc1. The van der Waals surface area contributed by atoms with Crippen LogP contribution in [-0.2, 0) is 4.79 Å². The maximum atomic E-state index is 11.8. The van der Waals surface area contributed by atoms with Crippen molar-refractivity contribution in [1.29, 1.82) is 0 Å². The van der Waals surface area contributed by atoms with Crippen LogP contribution in [0.1, 0.15) is 67.0 Å². The predicted octanol–water partition coefficient (Wildman–Crippen LogP) is 5.12. The molecule has 1 aromatic carbocycles. The van der Waals surface area contributed by atoms with E-state index >= 15 is 0 Å². The minimum absolute atomic E-state index is 0.0179. The van der Waals surface area contributed by atoms with Crippen molar-refractivity contribution in [3.8, 4) is 0 Å². The van der Waals surface area contributed by atoms with Gasteiger partial charge in [-0.2, -0.15) is 0 Å². The number of nitrogens with one attached hydrogen (secondary N) is 1. The molecule has 1 fully saturated rings. The molecule has 25 heavy (non-hydrogen) atoms. The molecule has 0 radical (unpaired) electrons. The lowest BCUT2D eigenvalue weighted by Gasteiger charge is -2.11. The molecule has 1 N–H and O–H groups in total. The van der Waals surface area contributed by atoms with Crippen LogP contribution in [-0.4, -0.2) is 11.7 Å². The molecule has 1 amide bonds. The average molecular weight is 337 g/mol. The number of rotatable bonds is 4. The van der Waals surface area contributed by atoms with Gasteiger partial charge in [-0.3, -0.25) is 9.59 Å². The summed E-state index contributed by atoms with van der Waals surface area (Å²) in [5, 5.41) is 2.79. The Balaban J connectivity index is 2.05. The number of allylic oxidation sites excluding steroid dienone is 1. The zero-order valence-electron chi connectivity index (χ0n) is 14.9. The summed E-state index contributed by atoms with van der Waals surface area (Å²) in [6.07, 6.45) is 4.47. The fourth-order valence-corrected chi connectivity index (χ4v) is 3.45. The fourth-order valence-electron chi connectivity index (χ4n) is 3.45. The van der Waals surface area contributed by atoms with Gasteiger partial charge < -0.3 is 9.73 Å². The van der Waals surface area contributed by atoms with E-state index in [9.17, 15) is 9.59 Å². The number of anilines is 1. The number of benzene rings is 1. The van der Waals surface area contributed by atoms with E-state index in [0.717, 1.165) is 35.4 Å². The maximum Gasteiger partial charge on any atom is 0.221 e. The summed E-state index contributed by atoms with van der Waals surface area (Å²) in [5.74, 6) is 1.35. The molecule has 0 saturated heterocycles. The van der Waals surface area contributed by atoms with Crippen molar-refractivity contribution in [3.63, 3.8) is 0 Å². The van der Waals surface area contributed by atoms with E-state index in [0.29, 0.717) is 11.3 Å². The summed E-state index contributed by atoms with van der Waals surface area (Å²) in [4.78, 5) is 23.0. The average Bonchev–Trinajstić information content (AvgIpc) is 3.19. The summed E-state index contributed by atoms with van der Waals surface area (Å²) in [5.41, 5.74) is 4.92. The Labute approximate surface area is 147 Å². The van der Waals surface area contributed by atoms with Crippen molar-refractivity contribution < 1.29 is 14.0 Å². The molecule has 0 unspecified atom stereocenters. The van der Waals surface area contributed by atoms with Gasteiger partial charge in [0, 0.05) is 18.2 Å². The molecule has 0 spiro atoms. The lowest BCUT2D eigenvalue weighted by molar-refractivity contribution is -0.114. The fraction of sp³-hybridized carbons (Fsp3) is 0.333.